The van der Waals surface area contributed by atoms with Crippen LogP contribution in [0.3, 0.4) is 0 Å². The highest BCUT2D eigenvalue weighted by Gasteiger charge is 2.04. The molecular weight excluding hydrogens is 221 g/mol. The highest BCUT2D eigenvalue weighted by Crippen LogP contribution is 2.09. The first-order valence-corrected chi connectivity index (χ1v) is 5.26. The molecule has 92 valence electrons. The van der Waals surface area contributed by atoms with Crippen LogP contribution in [0.25, 0.3) is 0 Å². The van der Waals surface area contributed by atoms with Crippen LogP contribution in [0, 0.1) is 5.82 Å². The van der Waals surface area contributed by atoms with Crippen molar-refractivity contribution in [2.75, 3.05) is 6.54 Å². The van der Waals surface area contributed by atoms with Crippen molar-refractivity contribution in [2.24, 2.45) is 10.9 Å². The van der Waals surface area contributed by atoms with Crippen LogP contribution in [-0.4, -0.2) is 17.6 Å². The molecule has 0 saturated heterocycles. The fourth-order valence-corrected chi connectivity index (χ4v) is 1.39. The third kappa shape index (κ3) is 4.24. The minimum Gasteiger partial charge on any atom is -0.409 e. The topological polar surface area (TPSA) is 70.6 Å². The van der Waals surface area contributed by atoms with Crippen LogP contribution in [-0.2, 0) is 6.54 Å². The van der Waals surface area contributed by atoms with E-state index in [9.17, 15) is 4.39 Å². The summed E-state index contributed by atoms with van der Waals surface area (Å²) in [5, 5.41) is 14.5. The molecule has 0 aromatic heterocycles. The summed E-state index contributed by atoms with van der Waals surface area (Å²) >= 11 is 0. The minimum absolute atomic E-state index is 0.100. The minimum atomic E-state index is -0.408. The van der Waals surface area contributed by atoms with E-state index < -0.39 is 5.82 Å². The molecule has 0 saturated carbocycles. The monoisotopic (exact) mass is 237 g/mol. The van der Waals surface area contributed by atoms with Gasteiger partial charge in [0.1, 0.15) is 5.82 Å². The van der Waals surface area contributed by atoms with E-state index in [1.165, 1.54) is 12.1 Å². The first-order chi connectivity index (χ1) is 8.17. The van der Waals surface area contributed by atoms with E-state index >= 15 is 0 Å². The standard InChI is InChI=1S/C12H16FN3O/c1-2-3-4-15-8-9-5-10(12(14)16-17)7-11(13)6-9/h2,5-7,15,17H,1,3-4,8H2,(H2,14,16). The molecule has 0 heterocycles. The molecule has 4 N–H and O–H groups in total. The van der Waals surface area contributed by atoms with Gasteiger partial charge in [-0.2, -0.15) is 0 Å². The molecule has 1 aromatic rings. The fraction of sp³-hybridized carbons (Fsp3) is 0.250. The molecule has 0 aliphatic rings. The highest BCUT2D eigenvalue weighted by molar-refractivity contribution is 5.97. The number of oxime groups is 1. The Kier molecular flexibility index (Phi) is 5.16. The number of nitrogens with one attached hydrogen (secondary N) is 1. The van der Waals surface area contributed by atoms with Crippen molar-refractivity contribution in [1.82, 2.24) is 5.32 Å². The van der Waals surface area contributed by atoms with Gasteiger partial charge in [0, 0.05) is 12.1 Å². The SMILES string of the molecule is C=CCCNCc1cc(F)cc(/C(N)=N\O)c1. The Morgan fingerprint density at radius 1 is 1.53 bits per heavy atom. The summed E-state index contributed by atoms with van der Waals surface area (Å²) < 4.78 is 13.3. The number of rotatable bonds is 6. The van der Waals surface area contributed by atoms with Gasteiger partial charge in [-0.3, -0.25) is 0 Å². The maximum atomic E-state index is 13.3. The van der Waals surface area contributed by atoms with E-state index in [1.807, 2.05) is 0 Å². The first-order valence-electron chi connectivity index (χ1n) is 5.26. The lowest BCUT2D eigenvalue weighted by Gasteiger charge is -2.06. The Balaban J connectivity index is 2.72. The maximum Gasteiger partial charge on any atom is 0.170 e. The quantitative estimate of drug-likeness (QED) is 0.176. The molecule has 0 amide bonds. The van der Waals surface area contributed by atoms with E-state index in [0.29, 0.717) is 12.1 Å². The zero-order chi connectivity index (χ0) is 12.7. The molecule has 0 aliphatic heterocycles. The van der Waals surface area contributed by atoms with Crippen LogP contribution in [0.4, 0.5) is 4.39 Å². The zero-order valence-corrected chi connectivity index (χ0v) is 9.49. The van der Waals surface area contributed by atoms with Gasteiger partial charge in [0.05, 0.1) is 0 Å². The summed E-state index contributed by atoms with van der Waals surface area (Å²) in [6.45, 7) is 4.91. The van der Waals surface area contributed by atoms with Crippen molar-refractivity contribution < 1.29 is 9.60 Å². The van der Waals surface area contributed by atoms with Gasteiger partial charge in [0.25, 0.3) is 0 Å². The molecule has 0 aliphatic carbocycles. The van der Waals surface area contributed by atoms with E-state index in [2.05, 4.69) is 17.1 Å². The lowest BCUT2D eigenvalue weighted by atomic mass is 10.1. The second kappa shape index (κ2) is 6.65. The normalized spacial score (nSPS) is 11.5. The third-order valence-electron chi connectivity index (χ3n) is 2.22. The van der Waals surface area contributed by atoms with Crippen molar-refractivity contribution >= 4 is 5.84 Å². The number of amidine groups is 1. The highest BCUT2D eigenvalue weighted by atomic mass is 19.1. The van der Waals surface area contributed by atoms with Gasteiger partial charge < -0.3 is 16.3 Å². The van der Waals surface area contributed by atoms with Gasteiger partial charge in [-0.25, -0.2) is 4.39 Å². The van der Waals surface area contributed by atoms with Gasteiger partial charge >= 0.3 is 0 Å². The molecule has 0 spiro atoms. The molecule has 4 nitrogen and oxygen atoms in total. The molecular formula is C12H16FN3O. The van der Waals surface area contributed by atoms with E-state index in [1.54, 1.807) is 12.1 Å². The van der Waals surface area contributed by atoms with Crippen LogP contribution in [0.2, 0.25) is 0 Å². The largest absolute Gasteiger partial charge is 0.409 e. The van der Waals surface area contributed by atoms with Crippen LogP contribution >= 0.6 is 0 Å². The number of halogens is 1. The lowest BCUT2D eigenvalue weighted by molar-refractivity contribution is 0.318. The summed E-state index contributed by atoms with van der Waals surface area (Å²) in [5.74, 6) is -0.508. The number of hydrogen-bond donors (Lipinski definition) is 3. The predicted molar refractivity (Wildman–Crippen MR) is 65.4 cm³/mol. The molecule has 0 atom stereocenters. The average Bonchev–Trinajstić information content (AvgIpc) is 2.33. The third-order valence-corrected chi connectivity index (χ3v) is 2.22. The van der Waals surface area contributed by atoms with Gasteiger partial charge in [0.2, 0.25) is 0 Å². The molecule has 0 fully saturated rings. The Hall–Kier alpha value is -1.88. The van der Waals surface area contributed by atoms with Crippen molar-refractivity contribution in [1.29, 1.82) is 0 Å². The van der Waals surface area contributed by atoms with Crippen LogP contribution in [0.5, 0.6) is 0 Å². The molecule has 0 bridgehead atoms. The van der Waals surface area contributed by atoms with Crippen LogP contribution in [0.15, 0.2) is 36.0 Å². The zero-order valence-electron chi connectivity index (χ0n) is 9.49. The molecule has 0 radical (unpaired) electrons. The Morgan fingerprint density at radius 3 is 2.94 bits per heavy atom. The van der Waals surface area contributed by atoms with Gasteiger partial charge in [0.15, 0.2) is 5.84 Å². The second-order valence-corrected chi connectivity index (χ2v) is 3.59. The average molecular weight is 237 g/mol. The molecule has 0 unspecified atom stereocenters. The Labute approximate surface area is 99.6 Å². The summed E-state index contributed by atoms with van der Waals surface area (Å²) in [6, 6.07) is 4.32. The van der Waals surface area contributed by atoms with Gasteiger partial charge in [-0.05, 0) is 36.7 Å². The van der Waals surface area contributed by atoms with Gasteiger partial charge in [-0.15, -0.1) is 6.58 Å². The maximum absolute atomic E-state index is 13.3. The van der Waals surface area contributed by atoms with E-state index in [0.717, 1.165) is 18.5 Å². The molecule has 5 heteroatoms. The smallest absolute Gasteiger partial charge is 0.170 e. The Bertz CT molecular complexity index is 418. The van der Waals surface area contributed by atoms with Crippen molar-refractivity contribution in [3.8, 4) is 0 Å². The van der Waals surface area contributed by atoms with Crippen LogP contribution in [0.1, 0.15) is 17.5 Å². The van der Waals surface area contributed by atoms with Crippen LogP contribution < -0.4 is 11.1 Å². The summed E-state index contributed by atoms with van der Waals surface area (Å²) in [5.41, 5.74) is 6.52. The van der Waals surface area contributed by atoms with Crippen molar-refractivity contribution in [2.45, 2.75) is 13.0 Å². The Morgan fingerprint density at radius 2 is 2.29 bits per heavy atom. The van der Waals surface area contributed by atoms with Crippen molar-refractivity contribution in [3.05, 3.63) is 47.8 Å². The number of hydrogen-bond acceptors (Lipinski definition) is 3. The number of nitrogens with zero attached hydrogens (tertiary/aromatic N) is 1. The summed E-state index contributed by atoms with van der Waals surface area (Å²) in [6.07, 6.45) is 2.66. The van der Waals surface area contributed by atoms with Gasteiger partial charge in [-0.1, -0.05) is 11.2 Å². The second-order valence-electron chi connectivity index (χ2n) is 3.59. The van der Waals surface area contributed by atoms with E-state index in [4.69, 9.17) is 10.9 Å². The number of nitrogens with two attached hydrogens (primary N) is 1. The molecule has 1 rings (SSSR count). The fourth-order valence-electron chi connectivity index (χ4n) is 1.39. The lowest BCUT2D eigenvalue weighted by Crippen LogP contribution is -2.17. The van der Waals surface area contributed by atoms with E-state index in [-0.39, 0.29) is 5.84 Å². The summed E-state index contributed by atoms with van der Waals surface area (Å²) in [4.78, 5) is 0. The summed E-state index contributed by atoms with van der Waals surface area (Å²) in [7, 11) is 0. The molecule has 17 heavy (non-hydrogen) atoms. The molecule has 1 aromatic carbocycles. The first kappa shape index (κ1) is 13.2. The van der Waals surface area contributed by atoms with Crippen molar-refractivity contribution in [3.63, 3.8) is 0 Å². The predicted octanol–water partition coefficient (Wildman–Crippen LogP) is 1.59. The number of benzene rings is 1.